The summed E-state index contributed by atoms with van der Waals surface area (Å²) in [7, 11) is 0. The van der Waals surface area contributed by atoms with E-state index in [4.69, 9.17) is 0 Å². The largest absolute Gasteiger partial charge is 0.396 e. The number of likely N-dealkylation sites (tertiary alicyclic amines) is 1. The molecule has 1 aromatic heterocycles. The zero-order chi connectivity index (χ0) is 15.1. The van der Waals surface area contributed by atoms with Gasteiger partial charge in [-0.05, 0) is 49.9 Å². The van der Waals surface area contributed by atoms with Crippen LogP contribution in [0.5, 0.6) is 0 Å². The van der Waals surface area contributed by atoms with Crippen LogP contribution in [-0.4, -0.2) is 53.8 Å². The van der Waals surface area contributed by atoms with Gasteiger partial charge in [0.15, 0.2) is 0 Å². The Morgan fingerprint density at radius 3 is 2.95 bits per heavy atom. The van der Waals surface area contributed by atoms with Crippen LogP contribution in [0.25, 0.3) is 0 Å². The van der Waals surface area contributed by atoms with Crippen LogP contribution in [0, 0.1) is 11.8 Å². The fraction of sp³-hybridized carbons (Fsp3) is 0.706. The Morgan fingerprint density at radius 1 is 1.48 bits per heavy atom. The Hall–Kier alpha value is -0.970. The molecule has 2 N–H and O–H groups in total. The summed E-state index contributed by atoms with van der Waals surface area (Å²) in [4.78, 5) is 6.87. The van der Waals surface area contributed by atoms with Gasteiger partial charge in [-0.3, -0.25) is 4.98 Å². The minimum Gasteiger partial charge on any atom is -0.396 e. The molecule has 0 saturated carbocycles. The summed E-state index contributed by atoms with van der Waals surface area (Å²) in [6.45, 7) is 9.15. The topological polar surface area (TPSA) is 48.4 Å². The highest BCUT2D eigenvalue weighted by atomic mass is 16.3. The van der Waals surface area contributed by atoms with E-state index in [0.29, 0.717) is 12.0 Å². The fourth-order valence-corrected chi connectivity index (χ4v) is 3.16. The molecule has 1 aromatic rings. The van der Waals surface area contributed by atoms with Crippen molar-refractivity contribution in [2.24, 2.45) is 11.8 Å². The lowest BCUT2D eigenvalue weighted by Crippen LogP contribution is -2.49. The van der Waals surface area contributed by atoms with Crippen molar-refractivity contribution in [2.75, 3.05) is 32.8 Å². The van der Waals surface area contributed by atoms with E-state index in [1.54, 1.807) is 0 Å². The standard InChI is InChI=1S/C17H29N3O/c1-3-20-9-7-17(14(2)12-20)19-11-15(13-21)10-16-6-4-5-8-18-16/h4-6,8,14-15,17,19,21H,3,7,9-13H2,1-2H3. The average molecular weight is 291 g/mol. The molecule has 4 heteroatoms. The van der Waals surface area contributed by atoms with Crippen molar-refractivity contribution >= 4 is 0 Å². The van der Waals surface area contributed by atoms with Crippen LogP contribution < -0.4 is 5.32 Å². The van der Waals surface area contributed by atoms with Gasteiger partial charge in [-0.15, -0.1) is 0 Å². The highest BCUT2D eigenvalue weighted by Crippen LogP contribution is 2.17. The molecular formula is C17H29N3O. The van der Waals surface area contributed by atoms with Crippen LogP contribution in [-0.2, 0) is 6.42 Å². The Bertz CT molecular complexity index is 398. The van der Waals surface area contributed by atoms with Crippen molar-refractivity contribution in [1.29, 1.82) is 0 Å². The van der Waals surface area contributed by atoms with E-state index in [1.165, 1.54) is 19.5 Å². The van der Waals surface area contributed by atoms with E-state index in [1.807, 2.05) is 24.4 Å². The normalized spacial score (nSPS) is 24.9. The van der Waals surface area contributed by atoms with Crippen molar-refractivity contribution in [3.63, 3.8) is 0 Å². The summed E-state index contributed by atoms with van der Waals surface area (Å²) < 4.78 is 0. The SMILES string of the molecule is CCN1CCC(NCC(CO)Cc2ccccn2)C(C)C1. The molecule has 118 valence electrons. The number of pyridine rings is 1. The Kier molecular flexibility index (Phi) is 6.61. The van der Waals surface area contributed by atoms with Gasteiger partial charge >= 0.3 is 0 Å². The van der Waals surface area contributed by atoms with Crippen LogP contribution in [0.1, 0.15) is 26.0 Å². The van der Waals surface area contributed by atoms with Crippen LogP contribution in [0.15, 0.2) is 24.4 Å². The molecule has 3 unspecified atom stereocenters. The molecule has 0 amide bonds. The molecule has 0 aromatic carbocycles. The van der Waals surface area contributed by atoms with Crippen LogP contribution in [0.3, 0.4) is 0 Å². The lowest BCUT2D eigenvalue weighted by molar-refractivity contribution is 0.144. The van der Waals surface area contributed by atoms with Crippen LogP contribution in [0.4, 0.5) is 0 Å². The van der Waals surface area contributed by atoms with Crippen molar-refractivity contribution in [3.8, 4) is 0 Å². The molecule has 1 aliphatic heterocycles. The van der Waals surface area contributed by atoms with E-state index in [-0.39, 0.29) is 12.5 Å². The Morgan fingerprint density at radius 2 is 2.33 bits per heavy atom. The third kappa shape index (κ3) is 5.06. The minimum atomic E-state index is 0.214. The minimum absolute atomic E-state index is 0.214. The van der Waals surface area contributed by atoms with Gasteiger partial charge in [0, 0.05) is 37.6 Å². The van der Waals surface area contributed by atoms with Gasteiger partial charge in [-0.25, -0.2) is 0 Å². The van der Waals surface area contributed by atoms with E-state index < -0.39 is 0 Å². The highest BCUT2D eigenvalue weighted by molar-refractivity contribution is 5.04. The molecule has 1 fully saturated rings. The molecule has 2 rings (SSSR count). The molecule has 1 aliphatic rings. The Balaban J connectivity index is 1.78. The molecule has 4 nitrogen and oxygen atoms in total. The molecule has 0 aliphatic carbocycles. The predicted molar refractivity (Wildman–Crippen MR) is 86.2 cm³/mol. The lowest BCUT2D eigenvalue weighted by Gasteiger charge is -2.37. The summed E-state index contributed by atoms with van der Waals surface area (Å²) in [5, 5.41) is 13.3. The summed E-state index contributed by atoms with van der Waals surface area (Å²) in [6.07, 6.45) is 3.86. The maximum Gasteiger partial charge on any atom is 0.0475 e. The quantitative estimate of drug-likeness (QED) is 0.800. The number of nitrogens with zero attached hydrogens (tertiary/aromatic N) is 2. The van der Waals surface area contributed by atoms with Crippen molar-refractivity contribution in [2.45, 2.75) is 32.7 Å². The molecule has 3 atom stereocenters. The average Bonchev–Trinajstić information content (AvgIpc) is 2.53. The monoisotopic (exact) mass is 291 g/mol. The molecule has 0 bridgehead atoms. The van der Waals surface area contributed by atoms with Gasteiger partial charge in [0.1, 0.15) is 0 Å². The number of aliphatic hydroxyl groups excluding tert-OH is 1. The summed E-state index contributed by atoms with van der Waals surface area (Å²) in [5.41, 5.74) is 1.06. The predicted octanol–water partition coefficient (Wildman–Crippen LogP) is 1.55. The number of aliphatic hydroxyl groups is 1. The van der Waals surface area contributed by atoms with Crippen molar-refractivity contribution in [3.05, 3.63) is 30.1 Å². The van der Waals surface area contributed by atoms with Gasteiger partial charge in [0.2, 0.25) is 0 Å². The van der Waals surface area contributed by atoms with E-state index >= 15 is 0 Å². The number of nitrogens with one attached hydrogen (secondary N) is 1. The zero-order valence-corrected chi connectivity index (χ0v) is 13.3. The Labute approximate surface area is 128 Å². The third-order valence-electron chi connectivity index (χ3n) is 4.59. The molecule has 0 radical (unpaired) electrons. The fourth-order valence-electron chi connectivity index (χ4n) is 3.16. The van der Waals surface area contributed by atoms with E-state index in [0.717, 1.165) is 25.2 Å². The van der Waals surface area contributed by atoms with Gasteiger partial charge in [0.25, 0.3) is 0 Å². The van der Waals surface area contributed by atoms with Gasteiger partial charge in [0.05, 0.1) is 0 Å². The van der Waals surface area contributed by atoms with Crippen LogP contribution >= 0.6 is 0 Å². The zero-order valence-electron chi connectivity index (χ0n) is 13.3. The maximum absolute atomic E-state index is 9.59. The molecule has 21 heavy (non-hydrogen) atoms. The molecular weight excluding hydrogens is 262 g/mol. The first-order valence-corrected chi connectivity index (χ1v) is 8.19. The number of hydrogen-bond acceptors (Lipinski definition) is 4. The summed E-state index contributed by atoms with van der Waals surface area (Å²) in [5.74, 6) is 0.921. The second kappa shape index (κ2) is 8.47. The number of aromatic nitrogens is 1. The second-order valence-electron chi connectivity index (χ2n) is 6.25. The number of hydrogen-bond donors (Lipinski definition) is 2. The van der Waals surface area contributed by atoms with Crippen LogP contribution in [0.2, 0.25) is 0 Å². The summed E-state index contributed by atoms with van der Waals surface area (Å²) in [6, 6.07) is 6.54. The first kappa shape index (κ1) is 16.4. The van der Waals surface area contributed by atoms with E-state index in [2.05, 4.69) is 29.0 Å². The highest BCUT2D eigenvalue weighted by Gasteiger charge is 2.25. The molecule has 2 heterocycles. The summed E-state index contributed by atoms with van der Waals surface area (Å²) >= 11 is 0. The molecule has 1 saturated heterocycles. The first-order chi connectivity index (χ1) is 10.2. The smallest absolute Gasteiger partial charge is 0.0475 e. The first-order valence-electron chi connectivity index (χ1n) is 8.19. The van der Waals surface area contributed by atoms with Gasteiger partial charge < -0.3 is 15.3 Å². The third-order valence-corrected chi connectivity index (χ3v) is 4.59. The lowest BCUT2D eigenvalue weighted by atomic mass is 9.93. The maximum atomic E-state index is 9.59. The van der Waals surface area contributed by atoms with Crippen molar-refractivity contribution < 1.29 is 5.11 Å². The van der Waals surface area contributed by atoms with E-state index in [9.17, 15) is 5.11 Å². The van der Waals surface area contributed by atoms with Gasteiger partial charge in [-0.2, -0.15) is 0 Å². The number of rotatable bonds is 7. The second-order valence-corrected chi connectivity index (χ2v) is 6.25. The number of piperidine rings is 1. The van der Waals surface area contributed by atoms with Gasteiger partial charge in [-0.1, -0.05) is 19.9 Å². The van der Waals surface area contributed by atoms with Crippen molar-refractivity contribution in [1.82, 2.24) is 15.2 Å². The molecule has 0 spiro atoms.